The molecule has 1 aliphatic carbocycles. The summed E-state index contributed by atoms with van der Waals surface area (Å²) in [5.41, 5.74) is 1.57. The Morgan fingerprint density at radius 1 is 1.14 bits per heavy atom. The average molecular weight is 300 g/mol. The third-order valence-electron chi connectivity index (χ3n) is 4.94. The summed E-state index contributed by atoms with van der Waals surface area (Å²) in [6.07, 6.45) is 6.29. The summed E-state index contributed by atoms with van der Waals surface area (Å²) < 4.78 is 0. The van der Waals surface area contributed by atoms with Gasteiger partial charge in [-0.05, 0) is 49.4 Å². The van der Waals surface area contributed by atoms with E-state index >= 15 is 0 Å². The molecule has 3 rings (SSSR count). The molecule has 0 unspecified atom stereocenters. The molecule has 4 nitrogen and oxygen atoms in total. The minimum Gasteiger partial charge on any atom is -0.349 e. The van der Waals surface area contributed by atoms with Crippen molar-refractivity contribution in [3.05, 3.63) is 29.8 Å². The maximum Gasteiger partial charge on any atom is 0.251 e. The largest absolute Gasteiger partial charge is 0.349 e. The summed E-state index contributed by atoms with van der Waals surface area (Å²) in [6, 6.07) is 7.69. The lowest BCUT2D eigenvalue weighted by molar-refractivity contribution is -0.117. The number of nitrogens with one attached hydrogen (secondary N) is 1. The highest BCUT2D eigenvalue weighted by Crippen LogP contribution is 2.25. The Hall–Kier alpha value is -1.84. The number of hydrogen-bond acceptors (Lipinski definition) is 2. The minimum atomic E-state index is -0.00181. The van der Waals surface area contributed by atoms with Gasteiger partial charge in [-0.2, -0.15) is 0 Å². The topological polar surface area (TPSA) is 49.4 Å². The summed E-state index contributed by atoms with van der Waals surface area (Å²) in [6.45, 7) is 3.00. The first kappa shape index (κ1) is 15.1. The third-order valence-corrected chi connectivity index (χ3v) is 4.94. The molecule has 0 spiro atoms. The van der Waals surface area contributed by atoms with Crippen LogP contribution < -0.4 is 10.2 Å². The summed E-state index contributed by atoms with van der Waals surface area (Å²) in [7, 11) is 0. The van der Waals surface area contributed by atoms with E-state index in [1.165, 1.54) is 19.3 Å². The zero-order valence-electron chi connectivity index (χ0n) is 13.2. The molecule has 0 aromatic heterocycles. The summed E-state index contributed by atoms with van der Waals surface area (Å²) in [5, 5.41) is 3.16. The van der Waals surface area contributed by atoms with Crippen molar-refractivity contribution in [2.24, 2.45) is 5.92 Å². The minimum absolute atomic E-state index is 0.00181. The first-order valence-corrected chi connectivity index (χ1v) is 8.36. The van der Waals surface area contributed by atoms with Gasteiger partial charge in [0.1, 0.15) is 0 Å². The Morgan fingerprint density at radius 3 is 2.50 bits per heavy atom. The SMILES string of the molecule is C[C@H]1CCCC[C@@H]1NC(=O)c1ccc(N2CCCC2=O)cc1. The summed E-state index contributed by atoms with van der Waals surface area (Å²) in [4.78, 5) is 25.9. The smallest absolute Gasteiger partial charge is 0.251 e. The Labute approximate surface area is 131 Å². The highest BCUT2D eigenvalue weighted by atomic mass is 16.2. The van der Waals surface area contributed by atoms with E-state index in [9.17, 15) is 9.59 Å². The Kier molecular flexibility index (Phi) is 4.46. The van der Waals surface area contributed by atoms with Gasteiger partial charge in [-0.25, -0.2) is 0 Å². The van der Waals surface area contributed by atoms with Gasteiger partial charge in [0.2, 0.25) is 5.91 Å². The molecule has 2 aliphatic rings. The average Bonchev–Trinajstić information content (AvgIpc) is 2.96. The maximum absolute atomic E-state index is 12.4. The molecule has 1 heterocycles. The number of amides is 2. The second-order valence-electron chi connectivity index (χ2n) is 6.54. The van der Waals surface area contributed by atoms with Crippen LogP contribution in [0.1, 0.15) is 55.8 Å². The number of carbonyl (C=O) groups excluding carboxylic acids is 2. The monoisotopic (exact) mass is 300 g/mol. The number of carbonyl (C=O) groups is 2. The number of benzene rings is 1. The molecule has 1 N–H and O–H groups in total. The van der Waals surface area contributed by atoms with Crippen molar-refractivity contribution in [3.8, 4) is 0 Å². The Morgan fingerprint density at radius 2 is 1.86 bits per heavy atom. The van der Waals surface area contributed by atoms with Gasteiger partial charge >= 0.3 is 0 Å². The zero-order chi connectivity index (χ0) is 15.5. The van der Waals surface area contributed by atoms with Crippen LogP contribution in [0.4, 0.5) is 5.69 Å². The predicted octanol–water partition coefficient (Wildman–Crippen LogP) is 3.12. The van der Waals surface area contributed by atoms with E-state index in [2.05, 4.69) is 12.2 Å². The lowest BCUT2D eigenvalue weighted by Gasteiger charge is -2.29. The van der Waals surface area contributed by atoms with Crippen LogP contribution in [0.3, 0.4) is 0 Å². The molecule has 1 aliphatic heterocycles. The van der Waals surface area contributed by atoms with Gasteiger partial charge in [-0.3, -0.25) is 9.59 Å². The molecule has 2 fully saturated rings. The van der Waals surface area contributed by atoms with Crippen LogP contribution in [0.5, 0.6) is 0 Å². The van der Waals surface area contributed by atoms with Crippen molar-refractivity contribution in [3.63, 3.8) is 0 Å². The maximum atomic E-state index is 12.4. The molecule has 22 heavy (non-hydrogen) atoms. The first-order chi connectivity index (χ1) is 10.6. The second kappa shape index (κ2) is 6.51. The predicted molar refractivity (Wildman–Crippen MR) is 86.9 cm³/mol. The fraction of sp³-hybridized carbons (Fsp3) is 0.556. The lowest BCUT2D eigenvalue weighted by atomic mass is 9.86. The van der Waals surface area contributed by atoms with Gasteiger partial charge in [0.15, 0.2) is 0 Å². The van der Waals surface area contributed by atoms with Gasteiger partial charge in [0.25, 0.3) is 5.91 Å². The van der Waals surface area contributed by atoms with Crippen LogP contribution in [0.2, 0.25) is 0 Å². The van der Waals surface area contributed by atoms with E-state index in [0.717, 1.165) is 25.1 Å². The van der Waals surface area contributed by atoms with Crippen molar-refractivity contribution >= 4 is 17.5 Å². The fourth-order valence-corrected chi connectivity index (χ4v) is 3.50. The summed E-state index contributed by atoms with van der Waals surface area (Å²) in [5.74, 6) is 0.727. The van der Waals surface area contributed by atoms with Crippen molar-refractivity contribution in [1.29, 1.82) is 0 Å². The zero-order valence-corrected chi connectivity index (χ0v) is 13.2. The normalized spacial score (nSPS) is 25.3. The second-order valence-corrected chi connectivity index (χ2v) is 6.54. The van der Waals surface area contributed by atoms with Gasteiger partial charge < -0.3 is 10.2 Å². The van der Waals surface area contributed by atoms with E-state index in [-0.39, 0.29) is 11.8 Å². The standard InChI is InChI=1S/C18H24N2O2/c1-13-5-2-3-6-16(13)19-18(22)14-8-10-15(11-9-14)20-12-4-7-17(20)21/h8-11,13,16H,2-7,12H2,1H3,(H,19,22)/t13-,16-/m0/s1. The highest BCUT2D eigenvalue weighted by Gasteiger charge is 2.24. The van der Waals surface area contributed by atoms with Gasteiger partial charge in [0.05, 0.1) is 0 Å². The fourth-order valence-electron chi connectivity index (χ4n) is 3.50. The van der Waals surface area contributed by atoms with Gasteiger partial charge in [-0.15, -0.1) is 0 Å². The summed E-state index contributed by atoms with van der Waals surface area (Å²) >= 11 is 0. The van der Waals surface area contributed by atoms with Crippen LogP contribution in [0.15, 0.2) is 24.3 Å². The molecular formula is C18H24N2O2. The van der Waals surface area contributed by atoms with E-state index in [0.29, 0.717) is 23.9 Å². The van der Waals surface area contributed by atoms with Crippen LogP contribution in [-0.4, -0.2) is 24.4 Å². The number of rotatable bonds is 3. The van der Waals surface area contributed by atoms with Gasteiger partial charge in [-0.1, -0.05) is 19.8 Å². The molecule has 0 bridgehead atoms. The van der Waals surface area contributed by atoms with Crippen LogP contribution in [0.25, 0.3) is 0 Å². The van der Waals surface area contributed by atoms with E-state index in [4.69, 9.17) is 0 Å². The van der Waals surface area contributed by atoms with Gasteiger partial charge in [0, 0.05) is 30.3 Å². The first-order valence-electron chi connectivity index (χ1n) is 8.36. The molecule has 1 saturated carbocycles. The van der Waals surface area contributed by atoms with Crippen LogP contribution in [-0.2, 0) is 4.79 Å². The Balaban J connectivity index is 1.64. The Bertz CT molecular complexity index is 553. The molecule has 118 valence electrons. The number of anilines is 1. The molecule has 2 amide bonds. The third kappa shape index (κ3) is 3.16. The van der Waals surface area contributed by atoms with E-state index < -0.39 is 0 Å². The lowest BCUT2D eigenvalue weighted by Crippen LogP contribution is -2.41. The number of nitrogens with zero attached hydrogens (tertiary/aromatic N) is 1. The van der Waals surface area contributed by atoms with Crippen molar-refractivity contribution in [2.45, 2.75) is 51.5 Å². The van der Waals surface area contributed by atoms with E-state index in [1.807, 2.05) is 24.3 Å². The van der Waals surface area contributed by atoms with E-state index in [1.54, 1.807) is 4.90 Å². The molecule has 4 heteroatoms. The molecule has 1 aromatic rings. The van der Waals surface area contributed by atoms with Crippen molar-refractivity contribution in [1.82, 2.24) is 5.32 Å². The van der Waals surface area contributed by atoms with Crippen LogP contribution >= 0.6 is 0 Å². The molecule has 2 atom stereocenters. The quantitative estimate of drug-likeness (QED) is 0.932. The molecule has 1 saturated heterocycles. The molecule has 0 radical (unpaired) electrons. The highest BCUT2D eigenvalue weighted by molar-refractivity contribution is 5.97. The van der Waals surface area contributed by atoms with Crippen molar-refractivity contribution in [2.75, 3.05) is 11.4 Å². The molecular weight excluding hydrogens is 276 g/mol. The van der Waals surface area contributed by atoms with Crippen LogP contribution in [0, 0.1) is 5.92 Å². The number of hydrogen-bond donors (Lipinski definition) is 1. The molecule has 1 aromatic carbocycles. The van der Waals surface area contributed by atoms with Crippen molar-refractivity contribution < 1.29 is 9.59 Å².